The van der Waals surface area contributed by atoms with E-state index in [1.165, 1.54) is 4.90 Å². The maximum atomic E-state index is 11.7. The van der Waals surface area contributed by atoms with E-state index >= 15 is 0 Å². The summed E-state index contributed by atoms with van der Waals surface area (Å²) >= 11 is 0. The molecule has 1 aliphatic carbocycles. The minimum absolute atomic E-state index is 0.194. The number of nitrogens with one attached hydrogen (secondary N) is 1. The number of nitrogens with two attached hydrogens (primary N) is 1. The molecule has 1 fully saturated rings. The van der Waals surface area contributed by atoms with Crippen molar-refractivity contribution in [2.24, 2.45) is 5.73 Å². The van der Waals surface area contributed by atoms with Gasteiger partial charge in [-0.15, -0.1) is 0 Å². The summed E-state index contributed by atoms with van der Waals surface area (Å²) in [4.78, 5) is 17.7. The molecule has 2 amide bonds. The molecule has 1 aliphatic rings. The molecule has 0 aliphatic heterocycles. The summed E-state index contributed by atoms with van der Waals surface area (Å²) in [5.74, 6) is 0.977. The van der Waals surface area contributed by atoms with Crippen molar-refractivity contribution in [1.82, 2.24) is 15.0 Å². The number of anilines is 1. The van der Waals surface area contributed by atoms with Gasteiger partial charge in [-0.2, -0.15) is 4.98 Å². The molecule has 2 aromatic rings. The molecule has 1 aromatic carbocycles. The van der Waals surface area contributed by atoms with Gasteiger partial charge in [0, 0.05) is 25.3 Å². The molecule has 7 heteroatoms. The molecule has 1 aromatic heterocycles. The molecular formula is C16H21N5O2. The van der Waals surface area contributed by atoms with E-state index in [0.29, 0.717) is 17.4 Å². The number of urea groups is 1. The van der Waals surface area contributed by atoms with E-state index in [-0.39, 0.29) is 6.03 Å². The van der Waals surface area contributed by atoms with E-state index in [1.807, 2.05) is 18.2 Å². The first-order valence-electron chi connectivity index (χ1n) is 7.70. The van der Waals surface area contributed by atoms with Gasteiger partial charge in [0.25, 0.3) is 5.89 Å². The van der Waals surface area contributed by atoms with Crippen molar-refractivity contribution in [3.63, 3.8) is 0 Å². The third-order valence-corrected chi connectivity index (χ3v) is 4.13. The van der Waals surface area contributed by atoms with Crippen LogP contribution in [-0.4, -0.2) is 35.2 Å². The average molecular weight is 315 g/mol. The lowest BCUT2D eigenvalue weighted by molar-refractivity contribution is 0.230. The van der Waals surface area contributed by atoms with Crippen LogP contribution in [0.25, 0.3) is 11.5 Å². The maximum absolute atomic E-state index is 11.7. The van der Waals surface area contributed by atoms with Crippen LogP contribution in [0.4, 0.5) is 10.5 Å². The molecule has 0 atom stereocenters. The summed E-state index contributed by atoms with van der Waals surface area (Å²) in [5, 5.41) is 6.85. The third kappa shape index (κ3) is 3.19. The van der Waals surface area contributed by atoms with Gasteiger partial charge < -0.3 is 20.5 Å². The molecule has 0 saturated heterocycles. The Morgan fingerprint density at radius 3 is 2.78 bits per heavy atom. The van der Waals surface area contributed by atoms with Gasteiger partial charge in [-0.05, 0) is 31.0 Å². The fraction of sp³-hybridized carbons (Fsp3) is 0.438. The normalized spacial score (nSPS) is 16.3. The second-order valence-electron chi connectivity index (χ2n) is 6.19. The molecule has 122 valence electrons. The summed E-state index contributed by atoms with van der Waals surface area (Å²) < 4.78 is 5.37. The lowest BCUT2D eigenvalue weighted by Crippen LogP contribution is -2.34. The Morgan fingerprint density at radius 2 is 2.09 bits per heavy atom. The second-order valence-corrected chi connectivity index (χ2v) is 6.19. The van der Waals surface area contributed by atoms with Gasteiger partial charge in [-0.3, -0.25) is 0 Å². The van der Waals surface area contributed by atoms with Gasteiger partial charge in [0.1, 0.15) is 0 Å². The summed E-state index contributed by atoms with van der Waals surface area (Å²) in [6.45, 7) is 0. The van der Waals surface area contributed by atoms with E-state index in [9.17, 15) is 4.79 Å². The molecule has 3 N–H and O–H groups in total. The topological polar surface area (TPSA) is 97.3 Å². The highest BCUT2D eigenvalue weighted by atomic mass is 16.5. The van der Waals surface area contributed by atoms with E-state index in [0.717, 1.165) is 31.2 Å². The number of hydrogen-bond acceptors (Lipinski definition) is 5. The molecule has 0 radical (unpaired) electrons. The van der Waals surface area contributed by atoms with E-state index in [4.69, 9.17) is 10.3 Å². The Kier molecular flexibility index (Phi) is 4.04. The van der Waals surface area contributed by atoms with Gasteiger partial charge in [0.2, 0.25) is 0 Å². The quantitative estimate of drug-likeness (QED) is 0.907. The number of carbonyl (C=O) groups excluding carboxylic acids is 1. The Hall–Kier alpha value is -2.41. The first-order valence-corrected chi connectivity index (χ1v) is 7.70. The zero-order valence-corrected chi connectivity index (χ0v) is 13.4. The smallest absolute Gasteiger partial charge is 0.321 e. The Morgan fingerprint density at radius 1 is 1.35 bits per heavy atom. The zero-order chi connectivity index (χ0) is 16.4. The van der Waals surface area contributed by atoms with Crippen molar-refractivity contribution >= 4 is 11.7 Å². The van der Waals surface area contributed by atoms with Crippen molar-refractivity contribution in [3.8, 4) is 11.5 Å². The van der Waals surface area contributed by atoms with Crippen molar-refractivity contribution in [2.45, 2.75) is 31.2 Å². The summed E-state index contributed by atoms with van der Waals surface area (Å²) in [6.07, 6.45) is 3.94. The van der Waals surface area contributed by atoms with Crippen LogP contribution in [0.1, 0.15) is 31.5 Å². The molecule has 0 unspecified atom stereocenters. The monoisotopic (exact) mass is 315 g/mol. The van der Waals surface area contributed by atoms with Crippen LogP contribution in [0, 0.1) is 0 Å². The number of nitrogens with zero attached hydrogens (tertiary/aromatic N) is 3. The predicted octanol–water partition coefficient (Wildman–Crippen LogP) is 2.56. The second kappa shape index (κ2) is 6.00. The van der Waals surface area contributed by atoms with Crippen molar-refractivity contribution < 1.29 is 9.32 Å². The zero-order valence-electron chi connectivity index (χ0n) is 13.4. The summed E-state index contributed by atoms with van der Waals surface area (Å²) in [6, 6.07) is 7.11. The highest BCUT2D eigenvalue weighted by Gasteiger charge is 2.36. The number of benzene rings is 1. The van der Waals surface area contributed by atoms with Crippen LogP contribution in [0.5, 0.6) is 0 Å². The van der Waals surface area contributed by atoms with Crippen LogP contribution in [0.15, 0.2) is 28.8 Å². The van der Waals surface area contributed by atoms with Crippen LogP contribution < -0.4 is 11.1 Å². The van der Waals surface area contributed by atoms with Crippen LogP contribution in [-0.2, 0) is 5.54 Å². The highest BCUT2D eigenvalue weighted by Crippen LogP contribution is 2.35. The van der Waals surface area contributed by atoms with Gasteiger partial charge in [-0.25, -0.2) is 4.79 Å². The molecule has 1 saturated carbocycles. The van der Waals surface area contributed by atoms with Crippen LogP contribution in [0.3, 0.4) is 0 Å². The summed E-state index contributed by atoms with van der Waals surface area (Å²) in [5.41, 5.74) is 7.30. The fourth-order valence-corrected chi connectivity index (χ4v) is 2.74. The first-order chi connectivity index (χ1) is 11.0. The molecule has 1 heterocycles. The lowest BCUT2D eigenvalue weighted by Gasteiger charge is -2.17. The standard InChI is InChI=1S/C16H21N5O2/c1-21(2)15(22)18-12-7-5-6-11(10-12)13-19-14(20-23-13)16(17)8-3-4-9-16/h5-7,10H,3-4,8-9,17H2,1-2H3,(H,18,22). The predicted molar refractivity (Wildman–Crippen MR) is 86.8 cm³/mol. The maximum Gasteiger partial charge on any atom is 0.321 e. The molecular weight excluding hydrogens is 294 g/mol. The lowest BCUT2D eigenvalue weighted by atomic mass is 9.99. The van der Waals surface area contributed by atoms with Gasteiger partial charge >= 0.3 is 6.03 Å². The average Bonchev–Trinajstić information content (AvgIpc) is 3.17. The number of carbonyl (C=O) groups is 1. The van der Waals surface area contributed by atoms with Crippen LogP contribution >= 0.6 is 0 Å². The Labute approximate surface area is 134 Å². The molecule has 23 heavy (non-hydrogen) atoms. The third-order valence-electron chi connectivity index (χ3n) is 4.13. The van der Waals surface area contributed by atoms with Crippen molar-refractivity contribution in [3.05, 3.63) is 30.1 Å². The van der Waals surface area contributed by atoms with Crippen molar-refractivity contribution in [2.75, 3.05) is 19.4 Å². The summed E-state index contributed by atoms with van der Waals surface area (Å²) in [7, 11) is 3.37. The van der Waals surface area contributed by atoms with Gasteiger partial charge in [0.05, 0.1) is 5.54 Å². The minimum atomic E-state index is -0.474. The molecule has 3 rings (SSSR count). The molecule has 0 bridgehead atoms. The van der Waals surface area contributed by atoms with Gasteiger partial charge in [-0.1, -0.05) is 24.1 Å². The number of rotatable bonds is 3. The number of hydrogen-bond donors (Lipinski definition) is 2. The number of aromatic nitrogens is 2. The van der Waals surface area contributed by atoms with E-state index in [2.05, 4.69) is 15.5 Å². The number of amides is 2. The van der Waals surface area contributed by atoms with E-state index in [1.54, 1.807) is 20.2 Å². The minimum Gasteiger partial charge on any atom is -0.334 e. The SMILES string of the molecule is CN(C)C(=O)Nc1cccc(-c2nc(C3(N)CCCC3)no2)c1. The largest absolute Gasteiger partial charge is 0.334 e. The Bertz CT molecular complexity index is 704. The molecule has 7 nitrogen and oxygen atoms in total. The van der Waals surface area contributed by atoms with Gasteiger partial charge in [0.15, 0.2) is 5.82 Å². The van der Waals surface area contributed by atoms with Crippen molar-refractivity contribution in [1.29, 1.82) is 0 Å². The van der Waals surface area contributed by atoms with E-state index < -0.39 is 5.54 Å². The molecule has 0 spiro atoms. The van der Waals surface area contributed by atoms with Crippen LogP contribution in [0.2, 0.25) is 0 Å². The first kappa shape index (κ1) is 15.5. The highest BCUT2D eigenvalue weighted by molar-refractivity contribution is 5.89. The Balaban J connectivity index is 1.82. The fourth-order valence-electron chi connectivity index (χ4n) is 2.74.